The molecule has 2 rings (SSSR count). The number of hydrogen-bond acceptors (Lipinski definition) is 4. The molecule has 2 aromatic rings. The highest BCUT2D eigenvalue weighted by molar-refractivity contribution is 6.02. The molecule has 1 heterocycles. The number of carboxylic acid groups (broad SMARTS) is 1. The van der Waals surface area contributed by atoms with E-state index in [1.54, 1.807) is 24.3 Å². The molecule has 0 aliphatic carbocycles. The largest absolute Gasteiger partial charge is 0.481 e. The van der Waals surface area contributed by atoms with E-state index >= 15 is 0 Å². The first-order chi connectivity index (χ1) is 9.56. The van der Waals surface area contributed by atoms with Crippen molar-refractivity contribution in [2.75, 3.05) is 5.32 Å². The second kappa shape index (κ2) is 5.96. The topological polar surface area (TPSA) is 108 Å². The van der Waals surface area contributed by atoms with Crippen LogP contribution in [0.4, 0.5) is 5.69 Å². The van der Waals surface area contributed by atoms with E-state index < -0.39 is 5.97 Å². The predicted octanol–water partition coefficient (Wildman–Crippen LogP) is 1.64. The van der Waals surface area contributed by atoms with Gasteiger partial charge in [-0.1, -0.05) is 19.1 Å². The number of nitrogens with one attached hydrogen (secondary N) is 2. The molecule has 7 heteroatoms. The number of anilines is 1. The molecule has 1 amide bonds. The van der Waals surface area contributed by atoms with Gasteiger partial charge in [0.25, 0.3) is 5.91 Å². The molecule has 1 aromatic carbocycles. The van der Waals surface area contributed by atoms with Crippen LogP contribution in [-0.2, 0) is 4.79 Å². The molecule has 0 fully saturated rings. The fourth-order valence-corrected chi connectivity index (χ4v) is 1.78. The van der Waals surface area contributed by atoms with Crippen molar-refractivity contribution in [1.82, 2.24) is 15.4 Å². The minimum Gasteiger partial charge on any atom is -0.481 e. The quantitative estimate of drug-likeness (QED) is 0.768. The molecule has 20 heavy (non-hydrogen) atoms. The normalized spacial score (nSPS) is 11.8. The first kappa shape index (κ1) is 13.7. The van der Waals surface area contributed by atoms with Gasteiger partial charge in [0.2, 0.25) is 0 Å². The molecule has 3 N–H and O–H groups in total. The summed E-state index contributed by atoms with van der Waals surface area (Å²) in [5.41, 5.74) is 1.73. The van der Waals surface area contributed by atoms with Crippen molar-refractivity contribution >= 4 is 17.6 Å². The Hall–Kier alpha value is -2.70. The summed E-state index contributed by atoms with van der Waals surface area (Å²) < 4.78 is 0. The maximum Gasteiger partial charge on any atom is 0.303 e. The molecule has 0 bridgehead atoms. The second-order valence-corrected chi connectivity index (χ2v) is 4.43. The van der Waals surface area contributed by atoms with Gasteiger partial charge in [-0.05, 0) is 23.6 Å². The third-order valence-electron chi connectivity index (χ3n) is 2.87. The highest BCUT2D eigenvalue weighted by Gasteiger charge is 2.11. The Labute approximate surface area is 115 Å². The Balaban J connectivity index is 2.01. The SMILES string of the molecule is CC(CC(=O)O)c1ccc(NC(=O)c2cn[nH]n2)cc1. The summed E-state index contributed by atoms with van der Waals surface area (Å²) in [6, 6.07) is 7.05. The average Bonchev–Trinajstić information content (AvgIpc) is 2.92. The van der Waals surface area contributed by atoms with Crippen molar-refractivity contribution < 1.29 is 14.7 Å². The van der Waals surface area contributed by atoms with E-state index in [1.165, 1.54) is 6.20 Å². The summed E-state index contributed by atoms with van der Waals surface area (Å²) in [7, 11) is 0. The smallest absolute Gasteiger partial charge is 0.303 e. The summed E-state index contributed by atoms with van der Waals surface area (Å²) in [6.07, 6.45) is 1.41. The Morgan fingerprint density at radius 1 is 1.35 bits per heavy atom. The molecule has 1 unspecified atom stereocenters. The zero-order valence-corrected chi connectivity index (χ0v) is 10.8. The number of aromatic amines is 1. The lowest BCUT2D eigenvalue weighted by Gasteiger charge is -2.10. The number of rotatable bonds is 5. The van der Waals surface area contributed by atoms with Gasteiger partial charge in [0.1, 0.15) is 0 Å². The van der Waals surface area contributed by atoms with Gasteiger partial charge in [-0.15, -0.1) is 0 Å². The van der Waals surface area contributed by atoms with E-state index in [1.807, 2.05) is 6.92 Å². The maximum atomic E-state index is 11.7. The number of aliphatic carboxylic acids is 1. The number of nitrogens with zero attached hydrogens (tertiary/aromatic N) is 2. The molecular formula is C13H14N4O3. The lowest BCUT2D eigenvalue weighted by Crippen LogP contribution is -2.12. The minimum atomic E-state index is -0.832. The molecule has 1 atom stereocenters. The molecule has 1 aromatic heterocycles. The van der Waals surface area contributed by atoms with Gasteiger partial charge in [-0.2, -0.15) is 15.4 Å². The Kier molecular flexibility index (Phi) is 4.09. The van der Waals surface area contributed by atoms with E-state index in [0.717, 1.165) is 5.56 Å². The zero-order chi connectivity index (χ0) is 14.5. The van der Waals surface area contributed by atoms with Gasteiger partial charge in [-0.25, -0.2) is 0 Å². The number of aromatic nitrogens is 3. The van der Waals surface area contributed by atoms with Crippen LogP contribution in [0.15, 0.2) is 30.5 Å². The molecule has 104 valence electrons. The summed E-state index contributed by atoms with van der Waals surface area (Å²) in [6.45, 7) is 1.84. The molecule has 0 saturated heterocycles. The van der Waals surface area contributed by atoms with E-state index in [0.29, 0.717) is 5.69 Å². The third kappa shape index (κ3) is 3.41. The number of carbonyl (C=O) groups excluding carboxylic acids is 1. The molecule has 0 aliphatic heterocycles. The first-order valence-corrected chi connectivity index (χ1v) is 6.05. The molecule has 0 spiro atoms. The van der Waals surface area contributed by atoms with Gasteiger partial charge < -0.3 is 10.4 Å². The van der Waals surface area contributed by atoms with Crippen LogP contribution < -0.4 is 5.32 Å². The fourth-order valence-electron chi connectivity index (χ4n) is 1.78. The van der Waals surface area contributed by atoms with E-state index in [-0.39, 0.29) is 23.9 Å². The molecule has 0 aliphatic rings. The minimum absolute atomic E-state index is 0.0741. The monoisotopic (exact) mass is 274 g/mol. The predicted molar refractivity (Wildman–Crippen MR) is 71.4 cm³/mol. The van der Waals surface area contributed by atoms with Crippen molar-refractivity contribution in [2.24, 2.45) is 0 Å². The third-order valence-corrected chi connectivity index (χ3v) is 2.87. The van der Waals surface area contributed by atoms with Gasteiger partial charge >= 0.3 is 5.97 Å². The van der Waals surface area contributed by atoms with Crippen molar-refractivity contribution in [3.05, 3.63) is 41.7 Å². The lowest BCUT2D eigenvalue weighted by molar-refractivity contribution is -0.137. The van der Waals surface area contributed by atoms with Crippen molar-refractivity contribution in [2.45, 2.75) is 19.3 Å². The number of benzene rings is 1. The standard InChI is InChI=1S/C13H14N4O3/c1-8(6-12(18)19)9-2-4-10(5-3-9)15-13(20)11-7-14-17-16-11/h2-5,7-8H,6H2,1H3,(H,15,20)(H,18,19)(H,14,16,17). The number of H-pyrrole nitrogens is 1. The van der Waals surface area contributed by atoms with Crippen molar-refractivity contribution in [3.8, 4) is 0 Å². The van der Waals surface area contributed by atoms with Gasteiger partial charge in [-0.3, -0.25) is 9.59 Å². The molecule has 0 saturated carbocycles. The molecule has 7 nitrogen and oxygen atoms in total. The number of hydrogen-bond donors (Lipinski definition) is 3. The van der Waals surface area contributed by atoms with Gasteiger partial charge in [0.05, 0.1) is 12.6 Å². The zero-order valence-electron chi connectivity index (χ0n) is 10.8. The highest BCUT2D eigenvalue weighted by Crippen LogP contribution is 2.21. The Morgan fingerprint density at radius 3 is 2.60 bits per heavy atom. The first-order valence-electron chi connectivity index (χ1n) is 6.05. The van der Waals surface area contributed by atoms with Crippen LogP contribution in [-0.4, -0.2) is 32.4 Å². The fraction of sp³-hybridized carbons (Fsp3) is 0.231. The Morgan fingerprint density at radius 2 is 2.05 bits per heavy atom. The molecular weight excluding hydrogens is 260 g/mol. The highest BCUT2D eigenvalue weighted by atomic mass is 16.4. The van der Waals surface area contributed by atoms with Crippen LogP contribution in [0.5, 0.6) is 0 Å². The van der Waals surface area contributed by atoms with Crippen LogP contribution in [0.25, 0.3) is 0 Å². The second-order valence-electron chi connectivity index (χ2n) is 4.43. The Bertz CT molecular complexity index is 593. The summed E-state index contributed by atoms with van der Waals surface area (Å²) in [4.78, 5) is 22.4. The van der Waals surface area contributed by atoms with Crippen LogP contribution in [0.2, 0.25) is 0 Å². The summed E-state index contributed by atoms with van der Waals surface area (Å²) in [5, 5.41) is 21.0. The summed E-state index contributed by atoms with van der Waals surface area (Å²) >= 11 is 0. The van der Waals surface area contributed by atoms with Crippen LogP contribution in [0, 0.1) is 0 Å². The van der Waals surface area contributed by atoms with Crippen molar-refractivity contribution in [3.63, 3.8) is 0 Å². The number of amides is 1. The van der Waals surface area contributed by atoms with Crippen LogP contribution in [0.1, 0.15) is 35.3 Å². The van der Waals surface area contributed by atoms with Crippen LogP contribution >= 0.6 is 0 Å². The average molecular weight is 274 g/mol. The summed E-state index contributed by atoms with van der Waals surface area (Å²) in [5.74, 6) is -1.27. The van der Waals surface area contributed by atoms with Gasteiger partial charge in [0, 0.05) is 5.69 Å². The van der Waals surface area contributed by atoms with E-state index in [2.05, 4.69) is 20.7 Å². The number of carboxylic acids is 1. The lowest BCUT2D eigenvalue weighted by atomic mass is 9.98. The van der Waals surface area contributed by atoms with Crippen molar-refractivity contribution in [1.29, 1.82) is 0 Å². The number of carbonyl (C=O) groups is 2. The van der Waals surface area contributed by atoms with Crippen LogP contribution in [0.3, 0.4) is 0 Å². The maximum absolute atomic E-state index is 11.7. The molecule has 0 radical (unpaired) electrons. The van der Waals surface area contributed by atoms with E-state index in [9.17, 15) is 9.59 Å². The van der Waals surface area contributed by atoms with E-state index in [4.69, 9.17) is 5.11 Å². The van der Waals surface area contributed by atoms with Gasteiger partial charge in [0.15, 0.2) is 5.69 Å².